The molecular formula is C15H20N2O3. The SMILES string of the molecule is CC1OCCC1(O)CNC(=O)/C=C/c1ccc(N)cc1. The highest BCUT2D eigenvalue weighted by Crippen LogP contribution is 2.24. The van der Waals surface area contributed by atoms with Gasteiger partial charge in [0.05, 0.1) is 6.10 Å². The first-order valence-corrected chi connectivity index (χ1v) is 6.65. The van der Waals surface area contributed by atoms with Gasteiger partial charge in [0.1, 0.15) is 5.60 Å². The molecule has 2 atom stereocenters. The lowest BCUT2D eigenvalue weighted by Gasteiger charge is -2.25. The van der Waals surface area contributed by atoms with Crippen LogP contribution in [0.25, 0.3) is 6.08 Å². The number of benzene rings is 1. The Labute approximate surface area is 118 Å². The molecule has 1 fully saturated rings. The van der Waals surface area contributed by atoms with Gasteiger partial charge in [0, 0.05) is 31.3 Å². The molecular weight excluding hydrogens is 256 g/mol. The van der Waals surface area contributed by atoms with Crippen LogP contribution in [0.4, 0.5) is 5.69 Å². The zero-order valence-corrected chi connectivity index (χ0v) is 11.5. The van der Waals surface area contributed by atoms with Gasteiger partial charge in [-0.25, -0.2) is 0 Å². The minimum Gasteiger partial charge on any atom is -0.399 e. The molecule has 5 nitrogen and oxygen atoms in total. The fourth-order valence-corrected chi connectivity index (χ4v) is 2.08. The third-order valence-electron chi connectivity index (χ3n) is 3.59. The molecule has 0 bridgehead atoms. The van der Waals surface area contributed by atoms with Crippen LogP contribution in [0, 0.1) is 0 Å². The number of ether oxygens (including phenoxy) is 1. The summed E-state index contributed by atoms with van der Waals surface area (Å²) in [5, 5.41) is 12.9. The molecule has 20 heavy (non-hydrogen) atoms. The molecule has 1 aliphatic heterocycles. The van der Waals surface area contributed by atoms with Crippen LogP contribution in [0.3, 0.4) is 0 Å². The van der Waals surface area contributed by atoms with Gasteiger partial charge in [-0.1, -0.05) is 12.1 Å². The summed E-state index contributed by atoms with van der Waals surface area (Å²) >= 11 is 0. The Morgan fingerprint density at radius 1 is 1.55 bits per heavy atom. The Balaban J connectivity index is 1.85. The van der Waals surface area contributed by atoms with Gasteiger partial charge in [-0.05, 0) is 30.7 Å². The van der Waals surface area contributed by atoms with Crippen molar-refractivity contribution in [1.29, 1.82) is 0 Å². The van der Waals surface area contributed by atoms with E-state index in [-0.39, 0.29) is 18.6 Å². The lowest BCUT2D eigenvalue weighted by atomic mass is 9.97. The lowest BCUT2D eigenvalue weighted by molar-refractivity contribution is -0.118. The Morgan fingerprint density at radius 2 is 2.25 bits per heavy atom. The van der Waals surface area contributed by atoms with E-state index in [4.69, 9.17) is 10.5 Å². The van der Waals surface area contributed by atoms with Gasteiger partial charge in [0.25, 0.3) is 0 Å². The number of nitrogens with two attached hydrogens (primary N) is 1. The summed E-state index contributed by atoms with van der Waals surface area (Å²) in [6.45, 7) is 2.53. The Kier molecular flexibility index (Phi) is 4.42. The maximum absolute atomic E-state index is 11.7. The average Bonchev–Trinajstić information content (AvgIpc) is 2.76. The number of aliphatic hydroxyl groups is 1. The van der Waals surface area contributed by atoms with Gasteiger partial charge in [-0.15, -0.1) is 0 Å². The van der Waals surface area contributed by atoms with Gasteiger partial charge >= 0.3 is 0 Å². The number of hydrogen-bond donors (Lipinski definition) is 3. The first-order chi connectivity index (χ1) is 9.49. The molecule has 1 amide bonds. The molecule has 1 saturated heterocycles. The average molecular weight is 276 g/mol. The summed E-state index contributed by atoms with van der Waals surface area (Å²) in [6, 6.07) is 7.22. The predicted molar refractivity (Wildman–Crippen MR) is 77.9 cm³/mol. The number of anilines is 1. The van der Waals surface area contributed by atoms with Crippen LogP contribution in [-0.4, -0.2) is 35.9 Å². The van der Waals surface area contributed by atoms with E-state index in [2.05, 4.69) is 5.32 Å². The van der Waals surface area contributed by atoms with Crippen LogP contribution in [-0.2, 0) is 9.53 Å². The van der Waals surface area contributed by atoms with Gasteiger partial charge in [-0.3, -0.25) is 4.79 Å². The summed E-state index contributed by atoms with van der Waals surface area (Å²) < 4.78 is 5.31. The fourth-order valence-electron chi connectivity index (χ4n) is 2.08. The summed E-state index contributed by atoms with van der Waals surface area (Å²) in [4.78, 5) is 11.7. The van der Waals surface area contributed by atoms with E-state index in [1.807, 2.05) is 19.1 Å². The van der Waals surface area contributed by atoms with Crippen LogP contribution >= 0.6 is 0 Å². The Bertz CT molecular complexity index is 498. The molecule has 108 valence electrons. The van der Waals surface area contributed by atoms with E-state index in [0.717, 1.165) is 5.56 Å². The largest absolute Gasteiger partial charge is 0.399 e. The maximum atomic E-state index is 11.7. The highest BCUT2D eigenvalue weighted by molar-refractivity contribution is 5.91. The third-order valence-corrected chi connectivity index (χ3v) is 3.59. The molecule has 0 aliphatic carbocycles. The van der Waals surface area contributed by atoms with Gasteiger partial charge in [0.2, 0.25) is 5.91 Å². The molecule has 0 aromatic heterocycles. The van der Waals surface area contributed by atoms with Crippen molar-refractivity contribution in [2.75, 3.05) is 18.9 Å². The van der Waals surface area contributed by atoms with Crippen molar-refractivity contribution < 1.29 is 14.6 Å². The zero-order chi connectivity index (χ0) is 14.6. The minimum absolute atomic E-state index is 0.194. The summed E-state index contributed by atoms with van der Waals surface area (Å²) in [5.74, 6) is -0.241. The first-order valence-electron chi connectivity index (χ1n) is 6.65. The summed E-state index contributed by atoms with van der Waals surface area (Å²) in [5.41, 5.74) is 6.20. The van der Waals surface area contributed by atoms with Gasteiger partial charge in [-0.2, -0.15) is 0 Å². The van der Waals surface area contributed by atoms with E-state index in [1.54, 1.807) is 18.2 Å². The van der Waals surface area contributed by atoms with Gasteiger partial charge < -0.3 is 20.9 Å². The van der Waals surface area contributed by atoms with E-state index < -0.39 is 5.60 Å². The van der Waals surface area contributed by atoms with Crippen LogP contribution in [0.5, 0.6) is 0 Å². The minimum atomic E-state index is -0.968. The molecule has 1 aromatic rings. The molecule has 0 saturated carbocycles. The lowest BCUT2D eigenvalue weighted by Crippen LogP contribution is -2.47. The fraction of sp³-hybridized carbons (Fsp3) is 0.400. The quantitative estimate of drug-likeness (QED) is 0.564. The normalized spacial score (nSPS) is 26.0. The van der Waals surface area contributed by atoms with E-state index in [0.29, 0.717) is 18.7 Å². The molecule has 0 spiro atoms. The molecule has 0 radical (unpaired) electrons. The van der Waals surface area contributed by atoms with Crippen molar-refractivity contribution in [2.45, 2.75) is 25.0 Å². The highest BCUT2D eigenvalue weighted by Gasteiger charge is 2.39. The first kappa shape index (κ1) is 14.6. The monoisotopic (exact) mass is 276 g/mol. The number of nitrogens with one attached hydrogen (secondary N) is 1. The van der Waals surface area contributed by atoms with Crippen molar-refractivity contribution in [3.63, 3.8) is 0 Å². The molecule has 2 unspecified atom stereocenters. The molecule has 1 heterocycles. The predicted octanol–water partition coefficient (Wildman–Crippen LogP) is 0.938. The maximum Gasteiger partial charge on any atom is 0.244 e. The molecule has 2 rings (SSSR count). The van der Waals surface area contributed by atoms with Crippen molar-refractivity contribution in [3.05, 3.63) is 35.9 Å². The van der Waals surface area contributed by atoms with E-state index in [1.165, 1.54) is 6.08 Å². The van der Waals surface area contributed by atoms with Gasteiger partial charge in [0.15, 0.2) is 0 Å². The van der Waals surface area contributed by atoms with E-state index >= 15 is 0 Å². The van der Waals surface area contributed by atoms with Crippen LogP contribution in [0.15, 0.2) is 30.3 Å². The van der Waals surface area contributed by atoms with Crippen molar-refractivity contribution in [1.82, 2.24) is 5.32 Å². The molecule has 5 heteroatoms. The number of nitrogen functional groups attached to an aromatic ring is 1. The van der Waals surface area contributed by atoms with E-state index in [9.17, 15) is 9.90 Å². The number of amides is 1. The highest BCUT2D eigenvalue weighted by atomic mass is 16.5. The number of hydrogen-bond acceptors (Lipinski definition) is 4. The van der Waals surface area contributed by atoms with Crippen LogP contribution < -0.4 is 11.1 Å². The number of carbonyl (C=O) groups excluding carboxylic acids is 1. The second-order valence-electron chi connectivity index (χ2n) is 5.08. The van der Waals surface area contributed by atoms with Crippen molar-refractivity contribution >= 4 is 17.7 Å². The third kappa shape index (κ3) is 3.59. The molecule has 4 N–H and O–H groups in total. The second kappa shape index (κ2) is 6.07. The zero-order valence-electron chi connectivity index (χ0n) is 11.5. The smallest absolute Gasteiger partial charge is 0.244 e. The Hall–Kier alpha value is -1.85. The molecule has 1 aromatic carbocycles. The molecule has 1 aliphatic rings. The summed E-state index contributed by atoms with van der Waals surface area (Å²) in [6.07, 6.45) is 3.42. The topological polar surface area (TPSA) is 84.6 Å². The van der Waals surface area contributed by atoms with Crippen molar-refractivity contribution in [3.8, 4) is 0 Å². The van der Waals surface area contributed by atoms with Crippen molar-refractivity contribution in [2.24, 2.45) is 0 Å². The second-order valence-corrected chi connectivity index (χ2v) is 5.08. The van der Waals surface area contributed by atoms with Crippen LogP contribution in [0.1, 0.15) is 18.9 Å². The number of rotatable bonds is 4. The standard InChI is InChI=1S/C15H20N2O3/c1-11-15(19,8-9-20-11)10-17-14(18)7-4-12-2-5-13(16)6-3-12/h2-7,11,19H,8-10,16H2,1H3,(H,17,18)/b7-4+. The van der Waals surface area contributed by atoms with Crippen LogP contribution in [0.2, 0.25) is 0 Å². The Morgan fingerprint density at radius 3 is 2.85 bits per heavy atom. The summed E-state index contributed by atoms with van der Waals surface area (Å²) in [7, 11) is 0. The number of carbonyl (C=O) groups is 1.